The summed E-state index contributed by atoms with van der Waals surface area (Å²) in [6, 6.07) is 16.7. The first kappa shape index (κ1) is 13.3. The van der Waals surface area contributed by atoms with Gasteiger partial charge < -0.3 is 4.90 Å². The zero-order chi connectivity index (χ0) is 14.9. The van der Waals surface area contributed by atoms with Gasteiger partial charge >= 0.3 is 0 Å². The highest BCUT2D eigenvalue weighted by molar-refractivity contribution is 5.91. The Bertz CT molecular complexity index is 820. The summed E-state index contributed by atoms with van der Waals surface area (Å²) in [5.41, 5.74) is 3.35. The van der Waals surface area contributed by atoms with Crippen LogP contribution in [0.3, 0.4) is 0 Å². The largest absolute Gasteiger partial charge is 0.356 e. The molecule has 1 aliphatic heterocycles. The van der Waals surface area contributed by atoms with Crippen LogP contribution in [-0.4, -0.2) is 23.1 Å². The van der Waals surface area contributed by atoms with Gasteiger partial charge in [0.2, 0.25) is 0 Å². The van der Waals surface area contributed by atoms with Crippen LogP contribution in [0.1, 0.15) is 18.4 Å². The fourth-order valence-electron chi connectivity index (χ4n) is 3.14. The van der Waals surface area contributed by atoms with Crippen LogP contribution in [0.2, 0.25) is 0 Å². The Kier molecular flexibility index (Phi) is 3.26. The molecule has 2 aromatic carbocycles. The maximum absolute atomic E-state index is 4.91. The Morgan fingerprint density at radius 3 is 2.55 bits per heavy atom. The first-order valence-electron chi connectivity index (χ1n) is 7.90. The SMILES string of the molecule is Cc1cccc(-c2nc(N3CCCC3)c3ccccc3n2)c1. The van der Waals surface area contributed by atoms with Crippen molar-refractivity contribution in [2.24, 2.45) is 0 Å². The predicted octanol–water partition coefficient (Wildman–Crippen LogP) is 4.21. The van der Waals surface area contributed by atoms with Crippen LogP contribution in [0.15, 0.2) is 48.5 Å². The number of anilines is 1. The minimum atomic E-state index is 0.823. The number of aromatic nitrogens is 2. The Hall–Kier alpha value is -2.42. The fraction of sp³-hybridized carbons (Fsp3) is 0.263. The van der Waals surface area contributed by atoms with Crippen molar-refractivity contribution in [3.05, 3.63) is 54.1 Å². The summed E-state index contributed by atoms with van der Waals surface area (Å²) in [6.07, 6.45) is 2.50. The van der Waals surface area contributed by atoms with Crippen molar-refractivity contribution in [3.8, 4) is 11.4 Å². The van der Waals surface area contributed by atoms with E-state index >= 15 is 0 Å². The summed E-state index contributed by atoms with van der Waals surface area (Å²) in [5.74, 6) is 1.91. The van der Waals surface area contributed by atoms with Gasteiger partial charge in [-0.15, -0.1) is 0 Å². The molecule has 3 nitrogen and oxygen atoms in total. The number of hydrogen-bond donors (Lipinski definition) is 0. The van der Waals surface area contributed by atoms with Gasteiger partial charge in [-0.05, 0) is 38.0 Å². The second-order valence-corrected chi connectivity index (χ2v) is 5.95. The molecule has 3 heteroatoms. The standard InChI is InChI=1S/C19H19N3/c1-14-7-6-8-15(13-14)18-20-17-10-3-2-9-16(17)19(21-18)22-11-4-5-12-22/h2-3,6-10,13H,4-5,11-12H2,1H3. The summed E-state index contributed by atoms with van der Waals surface area (Å²) >= 11 is 0. The van der Waals surface area contributed by atoms with Gasteiger partial charge in [-0.1, -0.05) is 35.9 Å². The number of nitrogens with zero attached hydrogens (tertiary/aromatic N) is 3. The van der Waals surface area contributed by atoms with Gasteiger partial charge in [0.15, 0.2) is 5.82 Å². The quantitative estimate of drug-likeness (QED) is 0.708. The summed E-state index contributed by atoms with van der Waals surface area (Å²) < 4.78 is 0. The molecule has 3 aromatic rings. The fourth-order valence-corrected chi connectivity index (χ4v) is 3.14. The lowest BCUT2D eigenvalue weighted by Crippen LogP contribution is -2.19. The topological polar surface area (TPSA) is 29.0 Å². The second-order valence-electron chi connectivity index (χ2n) is 5.95. The van der Waals surface area contributed by atoms with E-state index in [1.165, 1.54) is 18.4 Å². The van der Waals surface area contributed by atoms with E-state index in [0.717, 1.165) is 41.2 Å². The first-order valence-corrected chi connectivity index (χ1v) is 7.90. The van der Waals surface area contributed by atoms with E-state index in [-0.39, 0.29) is 0 Å². The van der Waals surface area contributed by atoms with Crippen molar-refractivity contribution >= 4 is 16.7 Å². The molecule has 2 heterocycles. The van der Waals surface area contributed by atoms with Crippen molar-refractivity contribution in [2.75, 3.05) is 18.0 Å². The average molecular weight is 289 g/mol. The Labute approximate surface area is 130 Å². The maximum atomic E-state index is 4.91. The number of fused-ring (bicyclic) bond motifs is 1. The van der Waals surface area contributed by atoms with Crippen LogP contribution < -0.4 is 4.90 Å². The van der Waals surface area contributed by atoms with Crippen LogP contribution in [-0.2, 0) is 0 Å². The van der Waals surface area contributed by atoms with E-state index in [4.69, 9.17) is 9.97 Å². The molecule has 0 unspecified atom stereocenters. The highest BCUT2D eigenvalue weighted by atomic mass is 15.2. The second kappa shape index (κ2) is 5.41. The summed E-state index contributed by atoms with van der Waals surface area (Å²) in [5, 5.41) is 1.15. The third kappa shape index (κ3) is 2.33. The maximum Gasteiger partial charge on any atom is 0.162 e. The first-order chi connectivity index (χ1) is 10.8. The molecule has 110 valence electrons. The van der Waals surface area contributed by atoms with E-state index < -0.39 is 0 Å². The van der Waals surface area contributed by atoms with Crippen LogP contribution in [0.4, 0.5) is 5.82 Å². The third-order valence-electron chi connectivity index (χ3n) is 4.26. The molecular weight excluding hydrogens is 270 g/mol. The molecule has 22 heavy (non-hydrogen) atoms. The summed E-state index contributed by atoms with van der Waals surface area (Å²) in [7, 11) is 0. The molecule has 1 fully saturated rings. The molecule has 1 saturated heterocycles. The lowest BCUT2D eigenvalue weighted by atomic mass is 10.1. The van der Waals surface area contributed by atoms with E-state index in [1.54, 1.807) is 0 Å². The highest BCUT2D eigenvalue weighted by Crippen LogP contribution is 2.29. The van der Waals surface area contributed by atoms with E-state index in [2.05, 4.69) is 54.3 Å². The zero-order valence-corrected chi connectivity index (χ0v) is 12.8. The van der Waals surface area contributed by atoms with Crippen molar-refractivity contribution in [1.29, 1.82) is 0 Å². The molecule has 0 aliphatic carbocycles. The van der Waals surface area contributed by atoms with Crippen LogP contribution in [0.5, 0.6) is 0 Å². The molecule has 1 aliphatic rings. The Balaban J connectivity index is 1.93. The van der Waals surface area contributed by atoms with E-state index in [0.29, 0.717) is 0 Å². The van der Waals surface area contributed by atoms with Crippen LogP contribution >= 0.6 is 0 Å². The Morgan fingerprint density at radius 2 is 1.73 bits per heavy atom. The van der Waals surface area contributed by atoms with Crippen LogP contribution in [0, 0.1) is 6.92 Å². The van der Waals surface area contributed by atoms with Crippen molar-refractivity contribution in [2.45, 2.75) is 19.8 Å². The summed E-state index contributed by atoms with van der Waals surface area (Å²) in [4.78, 5) is 12.1. The van der Waals surface area contributed by atoms with Crippen molar-refractivity contribution in [3.63, 3.8) is 0 Å². The molecular formula is C19H19N3. The average Bonchev–Trinajstić information content (AvgIpc) is 3.08. The molecule has 0 atom stereocenters. The van der Waals surface area contributed by atoms with Gasteiger partial charge in [0.25, 0.3) is 0 Å². The van der Waals surface area contributed by atoms with Crippen molar-refractivity contribution < 1.29 is 0 Å². The third-order valence-corrected chi connectivity index (χ3v) is 4.26. The minimum Gasteiger partial charge on any atom is -0.356 e. The molecule has 0 N–H and O–H groups in total. The molecule has 0 amide bonds. The van der Waals surface area contributed by atoms with Gasteiger partial charge in [-0.2, -0.15) is 0 Å². The molecule has 0 bridgehead atoms. The lowest BCUT2D eigenvalue weighted by Gasteiger charge is -2.19. The highest BCUT2D eigenvalue weighted by Gasteiger charge is 2.18. The summed E-state index contributed by atoms with van der Waals surface area (Å²) in [6.45, 7) is 4.29. The van der Waals surface area contributed by atoms with Gasteiger partial charge in [0.1, 0.15) is 5.82 Å². The number of para-hydroxylation sites is 1. The van der Waals surface area contributed by atoms with Gasteiger partial charge in [-0.3, -0.25) is 0 Å². The Morgan fingerprint density at radius 1 is 0.909 bits per heavy atom. The number of benzene rings is 2. The molecule has 0 radical (unpaired) electrons. The molecule has 4 rings (SSSR count). The smallest absolute Gasteiger partial charge is 0.162 e. The predicted molar refractivity (Wildman–Crippen MR) is 91.2 cm³/mol. The van der Waals surface area contributed by atoms with Gasteiger partial charge in [0.05, 0.1) is 5.52 Å². The molecule has 0 spiro atoms. The number of rotatable bonds is 2. The molecule has 1 aromatic heterocycles. The van der Waals surface area contributed by atoms with E-state index in [9.17, 15) is 0 Å². The normalized spacial score (nSPS) is 14.7. The monoisotopic (exact) mass is 289 g/mol. The lowest BCUT2D eigenvalue weighted by molar-refractivity contribution is 0.941. The number of aryl methyl sites for hydroxylation is 1. The van der Waals surface area contributed by atoms with Crippen molar-refractivity contribution in [1.82, 2.24) is 9.97 Å². The zero-order valence-electron chi connectivity index (χ0n) is 12.8. The molecule has 0 saturated carbocycles. The van der Waals surface area contributed by atoms with Gasteiger partial charge in [0, 0.05) is 24.0 Å². The van der Waals surface area contributed by atoms with Gasteiger partial charge in [-0.25, -0.2) is 9.97 Å². The number of hydrogen-bond acceptors (Lipinski definition) is 3. The minimum absolute atomic E-state index is 0.823. The van der Waals surface area contributed by atoms with Crippen LogP contribution in [0.25, 0.3) is 22.3 Å². The van der Waals surface area contributed by atoms with E-state index in [1.807, 2.05) is 6.07 Å².